The van der Waals surface area contributed by atoms with E-state index in [-0.39, 0.29) is 0 Å². The zero-order valence-electron chi connectivity index (χ0n) is 13.3. The predicted molar refractivity (Wildman–Crippen MR) is 81.6 cm³/mol. The average molecular weight is 281 g/mol. The van der Waals surface area contributed by atoms with Gasteiger partial charge in [0, 0.05) is 13.0 Å². The first-order chi connectivity index (χ1) is 9.70. The van der Waals surface area contributed by atoms with Crippen LogP contribution in [0, 0.1) is 5.92 Å². The SMILES string of the molecule is CCCC(=O)N1CCC[C@H]1COC1CCCC(C)CC1. The van der Waals surface area contributed by atoms with E-state index < -0.39 is 0 Å². The van der Waals surface area contributed by atoms with Crippen LogP contribution in [0.3, 0.4) is 0 Å². The van der Waals surface area contributed by atoms with Crippen LogP contribution in [0.4, 0.5) is 0 Å². The molecule has 1 aliphatic carbocycles. The number of amides is 1. The first-order valence-corrected chi connectivity index (χ1v) is 8.61. The Labute approximate surface area is 124 Å². The van der Waals surface area contributed by atoms with Gasteiger partial charge >= 0.3 is 0 Å². The minimum Gasteiger partial charge on any atom is -0.376 e. The molecular weight excluding hydrogens is 250 g/mol. The number of hydrogen-bond donors (Lipinski definition) is 0. The smallest absolute Gasteiger partial charge is 0.222 e. The molecule has 0 bridgehead atoms. The Morgan fingerprint density at radius 1 is 1.15 bits per heavy atom. The zero-order chi connectivity index (χ0) is 14.4. The van der Waals surface area contributed by atoms with Crippen LogP contribution in [0.15, 0.2) is 0 Å². The summed E-state index contributed by atoms with van der Waals surface area (Å²) >= 11 is 0. The molecule has 20 heavy (non-hydrogen) atoms. The number of nitrogens with zero attached hydrogens (tertiary/aromatic N) is 1. The van der Waals surface area contributed by atoms with Crippen LogP contribution in [-0.4, -0.2) is 36.1 Å². The molecule has 2 fully saturated rings. The molecule has 3 nitrogen and oxygen atoms in total. The van der Waals surface area contributed by atoms with E-state index in [1.54, 1.807) is 0 Å². The molecule has 0 aromatic heterocycles. The summed E-state index contributed by atoms with van der Waals surface area (Å²) in [5.41, 5.74) is 0. The van der Waals surface area contributed by atoms with E-state index in [0.29, 0.717) is 24.5 Å². The number of carbonyl (C=O) groups is 1. The fourth-order valence-electron chi connectivity index (χ4n) is 3.56. The summed E-state index contributed by atoms with van der Waals surface area (Å²) in [6.45, 7) is 6.12. The van der Waals surface area contributed by atoms with Gasteiger partial charge in [0.15, 0.2) is 0 Å². The van der Waals surface area contributed by atoms with Gasteiger partial charge in [0.2, 0.25) is 5.91 Å². The van der Waals surface area contributed by atoms with Crippen molar-refractivity contribution < 1.29 is 9.53 Å². The van der Waals surface area contributed by atoms with Crippen molar-refractivity contribution in [2.75, 3.05) is 13.2 Å². The fraction of sp³-hybridized carbons (Fsp3) is 0.941. The van der Waals surface area contributed by atoms with Gasteiger partial charge in [0.1, 0.15) is 0 Å². The third-order valence-electron chi connectivity index (χ3n) is 4.89. The molecule has 2 aliphatic rings. The van der Waals surface area contributed by atoms with Crippen LogP contribution in [-0.2, 0) is 9.53 Å². The topological polar surface area (TPSA) is 29.5 Å². The van der Waals surface area contributed by atoms with Gasteiger partial charge in [0.05, 0.1) is 18.8 Å². The fourth-order valence-corrected chi connectivity index (χ4v) is 3.56. The van der Waals surface area contributed by atoms with Crippen LogP contribution in [0.25, 0.3) is 0 Å². The Morgan fingerprint density at radius 2 is 2.00 bits per heavy atom. The first-order valence-electron chi connectivity index (χ1n) is 8.61. The van der Waals surface area contributed by atoms with Crippen molar-refractivity contribution in [3.63, 3.8) is 0 Å². The molecule has 0 aromatic carbocycles. The van der Waals surface area contributed by atoms with Gasteiger partial charge in [-0.2, -0.15) is 0 Å². The summed E-state index contributed by atoms with van der Waals surface area (Å²) < 4.78 is 6.16. The van der Waals surface area contributed by atoms with Gasteiger partial charge in [-0.05, 0) is 44.4 Å². The lowest BCUT2D eigenvalue weighted by molar-refractivity contribution is -0.133. The second-order valence-electron chi connectivity index (χ2n) is 6.70. The van der Waals surface area contributed by atoms with Crippen LogP contribution in [0.1, 0.15) is 71.6 Å². The van der Waals surface area contributed by atoms with E-state index in [1.165, 1.54) is 32.1 Å². The number of likely N-dealkylation sites (tertiary alicyclic amines) is 1. The molecule has 2 rings (SSSR count). The molecule has 3 heteroatoms. The second-order valence-corrected chi connectivity index (χ2v) is 6.70. The normalized spacial score (nSPS) is 31.3. The van der Waals surface area contributed by atoms with E-state index in [4.69, 9.17) is 4.74 Å². The maximum absolute atomic E-state index is 12.1. The third-order valence-corrected chi connectivity index (χ3v) is 4.89. The zero-order valence-corrected chi connectivity index (χ0v) is 13.3. The molecular formula is C17H31NO2. The first kappa shape index (κ1) is 15.8. The Kier molecular flexibility index (Phi) is 6.34. The lowest BCUT2D eigenvalue weighted by Crippen LogP contribution is -2.39. The molecule has 0 spiro atoms. The van der Waals surface area contributed by atoms with Gasteiger partial charge in [-0.1, -0.05) is 26.7 Å². The summed E-state index contributed by atoms with van der Waals surface area (Å²) in [5, 5.41) is 0. The minimum atomic E-state index is 0.327. The number of ether oxygens (including phenoxy) is 1. The number of rotatable bonds is 5. The van der Waals surface area contributed by atoms with E-state index >= 15 is 0 Å². The number of hydrogen-bond acceptors (Lipinski definition) is 2. The van der Waals surface area contributed by atoms with Crippen molar-refractivity contribution in [3.05, 3.63) is 0 Å². The lowest BCUT2D eigenvalue weighted by atomic mass is 10.0. The predicted octanol–water partition coefficient (Wildman–Crippen LogP) is 3.76. The van der Waals surface area contributed by atoms with Gasteiger partial charge in [0.25, 0.3) is 0 Å². The summed E-state index contributed by atoms with van der Waals surface area (Å²) in [6, 6.07) is 0.342. The van der Waals surface area contributed by atoms with Crippen LogP contribution in [0.2, 0.25) is 0 Å². The monoisotopic (exact) mass is 281 g/mol. The van der Waals surface area contributed by atoms with E-state index in [0.717, 1.165) is 38.3 Å². The average Bonchev–Trinajstić information content (AvgIpc) is 2.80. The molecule has 1 amide bonds. The molecule has 3 atom stereocenters. The standard InChI is InChI=1S/C17H31NO2/c1-3-6-17(19)18-12-5-8-15(18)13-20-16-9-4-7-14(2)10-11-16/h14-16H,3-13H2,1-2H3/t14?,15-,16?/m0/s1. The minimum absolute atomic E-state index is 0.327. The third kappa shape index (κ3) is 4.47. The highest BCUT2D eigenvalue weighted by Crippen LogP contribution is 2.26. The molecule has 0 radical (unpaired) electrons. The number of carbonyl (C=O) groups excluding carboxylic acids is 1. The Balaban J connectivity index is 1.76. The van der Waals surface area contributed by atoms with Crippen LogP contribution in [0.5, 0.6) is 0 Å². The maximum Gasteiger partial charge on any atom is 0.222 e. The molecule has 116 valence electrons. The highest BCUT2D eigenvalue weighted by atomic mass is 16.5. The summed E-state index contributed by atoms with van der Waals surface area (Å²) in [5.74, 6) is 1.19. The largest absolute Gasteiger partial charge is 0.376 e. The highest BCUT2D eigenvalue weighted by molar-refractivity contribution is 5.76. The molecule has 1 aliphatic heterocycles. The van der Waals surface area contributed by atoms with Crippen LogP contribution < -0.4 is 0 Å². The van der Waals surface area contributed by atoms with Gasteiger partial charge < -0.3 is 9.64 Å². The molecule has 0 N–H and O–H groups in total. The van der Waals surface area contributed by atoms with Crippen molar-refractivity contribution >= 4 is 5.91 Å². The van der Waals surface area contributed by atoms with Gasteiger partial charge in [-0.25, -0.2) is 0 Å². The molecule has 1 saturated heterocycles. The molecule has 1 saturated carbocycles. The molecule has 1 heterocycles. The second kappa shape index (κ2) is 8.02. The van der Waals surface area contributed by atoms with Crippen LogP contribution >= 0.6 is 0 Å². The van der Waals surface area contributed by atoms with Crippen molar-refractivity contribution in [2.24, 2.45) is 5.92 Å². The van der Waals surface area contributed by atoms with Gasteiger partial charge in [-0.15, -0.1) is 0 Å². The Hall–Kier alpha value is -0.570. The van der Waals surface area contributed by atoms with E-state index in [9.17, 15) is 4.79 Å². The quantitative estimate of drug-likeness (QED) is 0.718. The summed E-state index contributed by atoms with van der Waals surface area (Å²) in [4.78, 5) is 14.1. The van der Waals surface area contributed by atoms with Crippen molar-refractivity contribution in [1.29, 1.82) is 0 Å². The summed E-state index contributed by atoms with van der Waals surface area (Å²) in [7, 11) is 0. The highest BCUT2D eigenvalue weighted by Gasteiger charge is 2.29. The maximum atomic E-state index is 12.1. The van der Waals surface area contributed by atoms with Crippen molar-refractivity contribution in [3.8, 4) is 0 Å². The Bertz CT molecular complexity index is 305. The van der Waals surface area contributed by atoms with Gasteiger partial charge in [-0.3, -0.25) is 4.79 Å². The molecule has 2 unspecified atom stereocenters. The van der Waals surface area contributed by atoms with E-state index in [1.807, 2.05) is 0 Å². The van der Waals surface area contributed by atoms with Crippen molar-refractivity contribution in [1.82, 2.24) is 4.90 Å². The Morgan fingerprint density at radius 3 is 2.80 bits per heavy atom. The lowest BCUT2D eigenvalue weighted by Gasteiger charge is -2.26. The van der Waals surface area contributed by atoms with Crippen molar-refractivity contribution in [2.45, 2.75) is 83.8 Å². The summed E-state index contributed by atoms with van der Waals surface area (Å²) in [6.07, 6.45) is 10.7. The molecule has 0 aromatic rings. The van der Waals surface area contributed by atoms with E-state index in [2.05, 4.69) is 18.7 Å².